The molecule has 0 spiro atoms. The SMILES string of the molecule is C=C(Cl)CN1CCN(c2ccc(S(C)(=O)=O)cc2[N+](=O)[O-])CC1. The van der Waals surface area contributed by atoms with E-state index in [1.807, 2.05) is 4.90 Å². The lowest BCUT2D eigenvalue weighted by molar-refractivity contribution is -0.384. The molecule has 0 bridgehead atoms. The van der Waals surface area contributed by atoms with Crippen LogP contribution >= 0.6 is 11.6 Å². The fourth-order valence-corrected chi connectivity index (χ4v) is 3.35. The van der Waals surface area contributed by atoms with E-state index < -0.39 is 14.8 Å². The molecule has 1 heterocycles. The van der Waals surface area contributed by atoms with E-state index in [0.29, 0.717) is 43.4 Å². The molecule has 0 amide bonds. The summed E-state index contributed by atoms with van der Waals surface area (Å²) in [6.07, 6.45) is 1.03. The summed E-state index contributed by atoms with van der Waals surface area (Å²) in [6.45, 7) is 6.86. The van der Waals surface area contributed by atoms with Crippen molar-refractivity contribution in [2.24, 2.45) is 0 Å². The van der Waals surface area contributed by atoms with Gasteiger partial charge >= 0.3 is 0 Å². The van der Waals surface area contributed by atoms with E-state index in [4.69, 9.17) is 11.6 Å². The smallest absolute Gasteiger partial charge is 0.293 e. The van der Waals surface area contributed by atoms with Gasteiger partial charge in [0, 0.05) is 50.1 Å². The Morgan fingerprint density at radius 2 is 1.96 bits per heavy atom. The molecule has 1 aromatic rings. The van der Waals surface area contributed by atoms with Gasteiger partial charge in [-0.15, -0.1) is 0 Å². The van der Waals surface area contributed by atoms with E-state index in [0.717, 1.165) is 12.3 Å². The van der Waals surface area contributed by atoms with Crippen molar-refractivity contribution in [3.8, 4) is 0 Å². The summed E-state index contributed by atoms with van der Waals surface area (Å²) in [7, 11) is -3.48. The van der Waals surface area contributed by atoms with E-state index >= 15 is 0 Å². The average Bonchev–Trinajstić information content (AvgIpc) is 2.46. The molecule has 23 heavy (non-hydrogen) atoms. The molecule has 1 fully saturated rings. The average molecular weight is 360 g/mol. The molecule has 0 N–H and O–H groups in total. The Morgan fingerprint density at radius 1 is 1.35 bits per heavy atom. The van der Waals surface area contributed by atoms with Gasteiger partial charge < -0.3 is 4.90 Å². The summed E-state index contributed by atoms with van der Waals surface area (Å²) in [4.78, 5) is 14.7. The van der Waals surface area contributed by atoms with Crippen LogP contribution in [0.2, 0.25) is 0 Å². The Labute approximate surface area is 140 Å². The summed E-state index contributed by atoms with van der Waals surface area (Å²) < 4.78 is 23.2. The van der Waals surface area contributed by atoms with Crippen LogP contribution in [0.3, 0.4) is 0 Å². The first kappa shape index (κ1) is 17.7. The van der Waals surface area contributed by atoms with Crippen molar-refractivity contribution in [1.82, 2.24) is 4.90 Å². The first-order valence-corrected chi connectivity index (χ1v) is 9.24. The van der Waals surface area contributed by atoms with Gasteiger partial charge in [-0.3, -0.25) is 15.0 Å². The minimum atomic E-state index is -3.48. The second-order valence-electron chi connectivity index (χ2n) is 5.46. The molecule has 1 aliphatic rings. The van der Waals surface area contributed by atoms with Gasteiger partial charge in [0.15, 0.2) is 9.84 Å². The quantitative estimate of drug-likeness (QED) is 0.589. The van der Waals surface area contributed by atoms with Gasteiger partial charge in [-0.05, 0) is 12.1 Å². The lowest BCUT2D eigenvalue weighted by Gasteiger charge is -2.35. The number of rotatable bonds is 5. The van der Waals surface area contributed by atoms with Crippen molar-refractivity contribution < 1.29 is 13.3 Å². The van der Waals surface area contributed by atoms with E-state index in [9.17, 15) is 18.5 Å². The topological polar surface area (TPSA) is 83.8 Å². The zero-order chi connectivity index (χ0) is 17.2. The van der Waals surface area contributed by atoms with Crippen molar-refractivity contribution in [3.05, 3.63) is 39.9 Å². The fraction of sp³-hybridized carbons (Fsp3) is 0.429. The maximum atomic E-state index is 11.6. The fourth-order valence-electron chi connectivity index (χ4n) is 2.54. The first-order chi connectivity index (χ1) is 10.7. The maximum Gasteiger partial charge on any atom is 0.293 e. The molecule has 0 saturated carbocycles. The molecule has 0 aliphatic carbocycles. The van der Waals surface area contributed by atoms with Crippen LogP contribution < -0.4 is 4.90 Å². The minimum absolute atomic E-state index is 0.0509. The van der Waals surface area contributed by atoms with E-state index in [-0.39, 0.29) is 10.6 Å². The van der Waals surface area contributed by atoms with Crippen molar-refractivity contribution in [2.45, 2.75) is 4.90 Å². The summed E-state index contributed by atoms with van der Waals surface area (Å²) in [5.74, 6) is 0. The summed E-state index contributed by atoms with van der Waals surface area (Å²) in [5, 5.41) is 11.9. The molecule has 0 radical (unpaired) electrons. The van der Waals surface area contributed by atoms with Gasteiger partial charge in [-0.1, -0.05) is 18.2 Å². The lowest BCUT2D eigenvalue weighted by Crippen LogP contribution is -2.46. The van der Waals surface area contributed by atoms with Crippen molar-refractivity contribution >= 4 is 32.8 Å². The van der Waals surface area contributed by atoms with E-state index in [1.54, 1.807) is 0 Å². The van der Waals surface area contributed by atoms with Gasteiger partial charge in [0.1, 0.15) is 5.69 Å². The van der Waals surface area contributed by atoms with Crippen LogP contribution in [0.5, 0.6) is 0 Å². The number of sulfone groups is 1. The highest BCUT2D eigenvalue weighted by Gasteiger charge is 2.25. The third-order valence-electron chi connectivity index (χ3n) is 3.68. The van der Waals surface area contributed by atoms with Crippen LogP contribution in [0.25, 0.3) is 0 Å². The highest BCUT2D eigenvalue weighted by molar-refractivity contribution is 7.90. The standard InChI is InChI=1S/C14H18ClN3O4S/c1-11(15)10-16-5-7-17(8-6-16)13-4-3-12(23(2,21)22)9-14(13)18(19)20/h3-4,9H,1,5-8,10H2,2H3. The number of piperazine rings is 1. The number of hydrogen-bond acceptors (Lipinski definition) is 6. The van der Waals surface area contributed by atoms with Gasteiger partial charge in [-0.2, -0.15) is 0 Å². The Morgan fingerprint density at radius 3 is 2.43 bits per heavy atom. The van der Waals surface area contributed by atoms with Crippen molar-refractivity contribution in [3.63, 3.8) is 0 Å². The highest BCUT2D eigenvalue weighted by Crippen LogP contribution is 2.31. The van der Waals surface area contributed by atoms with Gasteiger partial charge in [0.2, 0.25) is 0 Å². The predicted molar refractivity (Wildman–Crippen MR) is 89.9 cm³/mol. The van der Waals surface area contributed by atoms with Crippen molar-refractivity contribution in [2.75, 3.05) is 43.9 Å². The Hall–Kier alpha value is -1.64. The first-order valence-electron chi connectivity index (χ1n) is 6.97. The van der Waals surface area contributed by atoms with E-state index in [2.05, 4.69) is 11.5 Å². The summed E-state index contributed by atoms with van der Waals surface area (Å²) in [5.41, 5.74) is 0.245. The van der Waals surface area contributed by atoms with Crippen LogP contribution in [0, 0.1) is 10.1 Å². The third-order valence-corrected chi connectivity index (χ3v) is 4.91. The third kappa shape index (κ3) is 4.43. The normalized spacial score (nSPS) is 16.3. The zero-order valence-electron chi connectivity index (χ0n) is 12.7. The van der Waals surface area contributed by atoms with Crippen LogP contribution in [-0.4, -0.2) is 57.2 Å². The van der Waals surface area contributed by atoms with E-state index in [1.165, 1.54) is 12.1 Å². The largest absolute Gasteiger partial charge is 0.363 e. The Balaban J connectivity index is 2.23. The molecule has 1 aliphatic heterocycles. The molecular formula is C14H18ClN3O4S. The number of nitro benzene ring substituents is 1. The van der Waals surface area contributed by atoms with Crippen LogP contribution in [0.4, 0.5) is 11.4 Å². The van der Waals surface area contributed by atoms with Gasteiger partial charge in [0.05, 0.1) is 9.82 Å². The number of anilines is 1. The second kappa shape index (κ2) is 6.86. The lowest BCUT2D eigenvalue weighted by atomic mass is 10.2. The monoisotopic (exact) mass is 359 g/mol. The Kier molecular flexibility index (Phi) is 5.28. The molecule has 0 atom stereocenters. The summed E-state index contributed by atoms with van der Waals surface area (Å²) >= 11 is 5.80. The minimum Gasteiger partial charge on any atom is -0.363 e. The van der Waals surface area contributed by atoms with Crippen LogP contribution in [-0.2, 0) is 9.84 Å². The zero-order valence-corrected chi connectivity index (χ0v) is 14.3. The summed E-state index contributed by atoms with van der Waals surface area (Å²) in [6, 6.07) is 4.03. The molecule has 7 nitrogen and oxygen atoms in total. The molecule has 126 valence electrons. The number of benzene rings is 1. The second-order valence-corrected chi connectivity index (χ2v) is 8.01. The number of hydrogen-bond donors (Lipinski definition) is 0. The molecule has 1 aromatic carbocycles. The molecule has 0 unspecified atom stereocenters. The van der Waals surface area contributed by atoms with Crippen molar-refractivity contribution in [1.29, 1.82) is 0 Å². The predicted octanol–water partition coefficient (Wildman–Crippen LogP) is 1.87. The molecule has 9 heteroatoms. The molecule has 1 saturated heterocycles. The molecule has 2 rings (SSSR count). The van der Waals surface area contributed by atoms with Crippen LogP contribution in [0.1, 0.15) is 0 Å². The number of nitro groups is 1. The number of halogens is 1. The Bertz CT molecular complexity index is 728. The van der Waals surface area contributed by atoms with Gasteiger partial charge in [0.25, 0.3) is 5.69 Å². The highest BCUT2D eigenvalue weighted by atomic mass is 35.5. The van der Waals surface area contributed by atoms with Crippen LogP contribution in [0.15, 0.2) is 34.7 Å². The number of nitrogens with zero attached hydrogens (tertiary/aromatic N) is 3. The maximum absolute atomic E-state index is 11.6. The van der Waals surface area contributed by atoms with Gasteiger partial charge in [-0.25, -0.2) is 8.42 Å². The molecular weight excluding hydrogens is 342 g/mol. The molecule has 0 aromatic heterocycles.